The fraction of sp³-hybridized carbons (Fsp3) is 0.161. The molecule has 1 aliphatic rings. The number of carbonyl (C=O) groups is 1. The van der Waals surface area contributed by atoms with E-state index >= 15 is 0 Å². The Hall–Kier alpha value is -4.85. The summed E-state index contributed by atoms with van der Waals surface area (Å²) in [5.41, 5.74) is 4.79. The van der Waals surface area contributed by atoms with E-state index in [1.54, 1.807) is 11.0 Å². The third kappa shape index (κ3) is 4.54. The van der Waals surface area contributed by atoms with Crippen molar-refractivity contribution in [1.82, 2.24) is 19.2 Å². The van der Waals surface area contributed by atoms with E-state index in [9.17, 15) is 9.18 Å². The standard InChI is InChI=1S/C31H28FN5O2/c1-3-39-26-16-14-24(15-17-26)33-31(38)36-20-27-21(2)34-37(25-11-5-4-6-12-25)30(27)35-18-8-13-28(35)29(36)22-9-7-10-23(32)19-22/h4-19,29H,3,20H2,1-2H3,(H,33,38). The van der Waals surface area contributed by atoms with Crippen molar-refractivity contribution in [1.29, 1.82) is 0 Å². The molecule has 0 spiro atoms. The van der Waals surface area contributed by atoms with E-state index in [0.717, 1.165) is 34.2 Å². The zero-order valence-electron chi connectivity index (χ0n) is 21.7. The Labute approximate surface area is 226 Å². The van der Waals surface area contributed by atoms with Crippen LogP contribution in [-0.4, -0.2) is 31.9 Å². The topological polar surface area (TPSA) is 64.3 Å². The molecular formula is C31H28FN5O2. The van der Waals surface area contributed by atoms with Crippen LogP contribution in [0.15, 0.2) is 97.2 Å². The highest BCUT2D eigenvalue weighted by Crippen LogP contribution is 2.39. The van der Waals surface area contributed by atoms with Gasteiger partial charge in [-0.2, -0.15) is 5.10 Å². The first-order valence-electron chi connectivity index (χ1n) is 12.9. The molecule has 5 aromatic rings. The number of ether oxygens (including phenoxy) is 1. The van der Waals surface area contributed by atoms with Crippen LogP contribution in [0.1, 0.15) is 35.5 Å². The highest BCUT2D eigenvalue weighted by atomic mass is 19.1. The second kappa shape index (κ2) is 10.1. The summed E-state index contributed by atoms with van der Waals surface area (Å²) in [5, 5.41) is 7.90. The number of hydrogen-bond acceptors (Lipinski definition) is 3. The van der Waals surface area contributed by atoms with Crippen LogP contribution in [0.3, 0.4) is 0 Å². The number of rotatable bonds is 5. The predicted molar refractivity (Wildman–Crippen MR) is 148 cm³/mol. The number of para-hydroxylation sites is 1. The number of anilines is 1. The molecule has 0 saturated carbocycles. The number of aryl methyl sites for hydroxylation is 1. The monoisotopic (exact) mass is 521 g/mol. The van der Waals surface area contributed by atoms with Crippen molar-refractivity contribution in [2.45, 2.75) is 26.4 Å². The maximum atomic E-state index is 14.5. The summed E-state index contributed by atoms with van der Waals surface area (Å²) in [6.45, 7) is 4.71. The summed E-state index contributed by atoms with van der Waals surface area (Å²) < 4.78 is 24.0. The number of aromatic nitrogens is 3. The van der Waals surface area contributed by atoms with Crippen molar-refractivity contribution in [3.8, 4) is 17.3 Å². The Bertz CT molecular complexity index is 1620. The quantitative estimate of drug-likeness (QED) is 0.282. The van der Waals surface area contributed by atoms with Crippen LogP contribution in [0.4, 0.5) is 14.9 Å². The van der Waals surface area contributed by atoms with E-state index in [-0.39, 0.29) is 18.4 Å². The van der Waals surface area contributed by atoms with Gasteiger partial charge in [-0.05, 0) is 80.1 Å². The number of hydrogen-bond donors (Lipinski definition) is 1. The zero-order valence-corrected chi connectivity index (χ0v) is 21.7. The first-order valence-corrected chi connectivity index (χ1v) is 12.9. The Morgan fingerprint density at radius 2 is 1.82 bits per heavy atom. The molecule has 0 saturated heterocycles. The molecule has 7 nitrogen and oxygen atoms in total. The van der Waals surface area contributed by atoms with Crippen LogP contribution < -0.4 is 10.1 Å². The molecule has 39 heavy (non-hydrogen) atoms. The van der Waals surface area contributed by atoms with Gasteiger partial charge in [0.2, 0.25) is 0 Å². The normalized spacial score (nSPS) is 14.3. The lowest BCUT2D eigenvalue weighted by Gasteiger charge is -2.31. The molecule has 6 rings (SSSR count). The van der Waals surface area contributed by atoms with Crippen LogP contribution in [0.5, 0.6) is 5.75 Å². The van der Waals surface area contributed by atoms with E-state index in [1.165, 1.54) is 12.1 Å². The molecule has 1 N–H and O–H groups in total. The number of amides is 2. The summed E-state index contributed by atoms with van der Waals surface area (Å²) in [6.07, 6.45) is 1.97. The Balaban J connectivity index is 1.48. The largest absolute Gasteiger partial charge is 0.494 e. The number of halogens is 1. The molecule has 0 bridgehead atoms. The van der Waals surface area contributed by atoms with Gasteiger partial charge >= 0.3 is 6.03 Å². The number of fused-ring (bicyclic) bond motifs is 3. The lowest BCUT2D eigenvalue weighted by atomic mass is 10.0. The average molecular weight is 522 g/mol. The summed E-state index contributed by atoms with van der Waals surface area (Å²) in [5.74, 6) is 1.23. The van der Waals surface area contributed by atoms with Crippen LogP contribution in [0.2, 0.25) is 0 Å². The zero-order chi connectivity index (χ0) is 26.9. The fourth-order valence-corrected chi connectivity index (χ4v) is 5.17. The predicted octanol–water partition coefficient (Wildman–Crippen LogP) is 6.65. The van der Waals surface area contributed by atoms with Gasteiger partial charge in [0.25, 0.3) is 0 Å². The fourth-order valence-electron chi connectivity index (χ4n) is 5.17. The third-order valence-electron chi connectivity index (χ3n) is 6.93. The van der Waals surface area contributed by atoms with Gasteiger partial charge in [0.15, 0.2) is 0 Å². The van der Waals surface area contributed by atoms with E-state index < -0.39 is 6.04 Å². The maximum absolute atomic E-state index is 14.5. The summed E-state index contributed by atoms with van der Waals surface area (Å²) in [7, 11) is 0. The average Bonchev–Trinajstić information content (AvgIpc) is 3.50. The van der Waals surface area contributed by atoms with Gasteiger partial charge in [-0.15, -0.1) is 0 Å². The van der Waals surface area contributed by atoms with Crippen molar-refractivity contribution in [2.24, 2.45) is 0 Å². The number of urea groups is 1. The molecule has 3 heterocycles. The Kier molecular flexibility index (Phi) is 6.36. The van der Waals surface area contributed by atoms with E-state index in [0.29, 0.717) is 17.9 Å². The summed E-state index contributed by atoms with van der Waals surface area (Å²) >= 11 is 0. The van der Waals surface area contributed by atoms with Crippen molar-refractivity contribution < 1.29 is 13.9 Å². The molecule has 1 atom stereocenters. The van der Waals surface area contributed by atoms with Gasteiger partial charge in [-0.25, -0.2) is 13.9 Å². The smallest absolute Gasteiger partial charge is 0.322 e. The number of nitrogens with one attached hydrogen (secondary N) is 1. The molecule has 0 aliphatic carbocycles. The van der Waals surface area contributed by atoms with Crippen LogP contribution in [0, 0.1) is 12.7 Å². The minimum atomic E-state index is -0.547. The molecule has 3 aromatic carbocycles. The number of benzene rings is 3. The summed E-state index contributed by atoms with van der Waals surface area (Å²) in [6, 6.07) is 26.7. The molecule has 1 unspecified atom stereocenters. The van der Waals surface area contributed by atoms with Gasteiger partial charge < -0.3 is 19.5 Å². The second-order valence-electron chi connectivity index (χ2n) is 9.41. The second-order valence-corrected chi connectivity index (χ2v) is 9.41. The molecular weight excluding hydrogens is 493 g/mol. The van der Waals surface area contributed by atoms with Gasteiger partial charge in [-0.1, -0.05) is 30.3 Å². The van der Waals surface area contributed by atoms with E-state index in [4.69, 9.17) is 9.84 Å². The molecule has 2 amide bonds. The molecule has 196 valence electrons. The summed E-state index contributed by atoms with van der Waals surface area (Å²) in [4.78, 5) is 15.7. The highest BCUT2D eigenvalue weighted by molar-refractivity contribution is 5.90. The van der Waals surface area contributed by atoms with Crippen molar-refractivity contribution >= 4 is 11.7 Å². The first-order chi connectivity index (χ1) is 19.0. The lowest BCUT2D eigenvalue weighted by Crippen LogP contribution is -2.38. The molecule has 2 aromatic heterocycles. The Morgan fingerprint density at radius 3 is 2.56 bits per heavy atom. The molecule has 8 heteroatoms. The van der Waals surface area contributed by atoms with Crippen molar-refractivity contribution in [3.05, 3.63) is 126 Å². The molecule has 0 fully saturated rings. The van der Waals surface area contributed by atoms with Crippen molar-refractivity contribution in [2.75, 3.05) is 11.9 Å². The third-order valence-corrected chi connectivity index (χ3v) is 6.93. The lowest BCUT2D eigenvalue weighted by molar-refractivity contribution is 0.194. The maximum Gasteiger partial charge on any atom is 0.322 e. The van der Waals surface area contributed by atoms with Gasteiger partial charge in [0, 0.05) is 17.4 Å². The van der Waals surface area contributed by atoms with Gasteiger partial charge in [0.05, 0.1) is 36.3 Å². The number of nitrogens with zero attached hydrogens (tertiary/aromatic N) is 4. The SMILES string of the molecule is CCOc1ccc(NC(=O)N2Cc3c(C)nn(-c4ccccc4)c3-n3cccc3C2c2cccc(F)c2)cc1. The molecule has 0 radical (unpaired) electrons. The van der Waals surface area contributed by atoms with Crippen LogP contribution >= 0.6 is 0 Å². The van der Waals surface area contributed by atoms with E-state index in [1.807, 2.05) is 97.5 Å². The van der Waals surface area contributed by atoms with Crippen LogP contribution in [0.25, 0.3) is 11.5 Å². The molecule has 1 aliphatic heterocycles. The van der Waals surface area contributed by atoms with Gasteiger partial charge in [0.1, 0.15) is 17.4 Å². The van der Waals surface area contributed by atoms with E-state index in [2.05, 4.69) is 9.88 Å². The Morgan fingerprint density at radius 1 is 1.03 bits per heavy atom. The number of carbonyl (C=O) groups excluding carboxylic acids is 1. The highest BCUT2D eigenvalue weighted by Gasteiger charge is 2.36. The van der Waals surface area contributed by atoms with Crippen LogP contribution in [-0.2, 0) is 6.54 Å². The first kappa shape index (κ1) is 24.5. The van der Waals surface area contributed by atoms with Crippen molar-refractivity contribution in [3.63, 3.8) is 0 Å². The van der Waals surface area contributed by atoms with Gasteiger partial charge in [-0.3, -0.25) is 0 Å². The minimum absolute atomic E-state index is 0.278. The minimum Gasteiger partial charge on any atom is -0.494 e.